The number of hydrogen-bond donors (Lipinski definition) is 1. The highest BCUT2D eigenvalue weighted by molar-refractivity contribution is 5.77. The number of halogens is 4. The predicted octanol–water partition coefficient (Wildman–Crippen LogP) is 3.59. The number of aromatic nitrogens is 4. The van der Waals surface area contributed by atoms with Crippen molar-refractivity contribution in [3.05, 3.63) is 42.1 Å². The minimum atomic E-state index is -4.52. The molecule has 1 aliphatic rings. The third-order valence-corrected chi connectivity index (χ3v) is 5.14. The van der Waals surface area contributed by atoms with E-state index in [1.54, 1.807) is 29.8 Å². The Bertz CT molecular complexity index is 1110. The normalized spacial score (nSPS) is 17.2. The Balaban J connectivity index is 1.54. The van der Waals surface area contributed by atoms with Gasteiger partial charge in [0.05, 0.1) is 6.20 Å². The van der Waals surface area contributed by atoms with Crippen molar-refractivity contribution in [2.24, 2.45) is 0 Å². The molecule has 1 N–H and O–H groups in total. The summed E-state index contributed by atoms with van der Waals surface area (Å²) in [6.45, 7) is 2.26. The Hall–Kier alpha value is -3.24. The van der Waals surface area contributed by atoms with Crippen LogP contribution >= 0.6 is 0 Å². The highest BCUT2D eigenvalue weighted by Crippen LogP contribution is 2.25. The van der Waals surface area contributed by atoms with Gasteiger partial charge in [0, 0.05) is 37.1 Å². The quantitative estimate of drug-likeness (QED) is 0.633. The van der Waals surface area contributed by atoms with Crippen LogP contribution in [0.1, 0.15) is 24.8 Å². The molecule has 3 aromatic rings. The number of carbonyl (C=O) groups excluding carboxylic acids is 1. The molecular weight excluding hydrogens is 416 g/mol. The first-order valence-electron chi connectivity index (χ1n) is 9.77. The summed E-state index contributed by atoms with van der Waals surface area (Å²) in [7, 11) is 0. The van der Waals surface area contributed by atoms with Crippen LogP contribution in [-0.4, -0.2) is 55.5 Å². The summed E-state index contributed by atoms with van der Waals surface area (Å²) in [5.41, 5.74) is 1.78. The van der Waals surface area contributed by atoms with Gasteiger partial charge in [-0.2, -0.15) is 13.2 Å². The van der Waals surface area contributed by atoms with Gasteiger partial charge in [0.25, 0.3) is 0 Å². The molecule has 11 heteroatoms. The molecule has 1 atom stereocenters. The lowest BCUT2D eigenvalue weighted by molar-refractivity contribution is -0.162. The average Bonchev–Trinajstić information content (AvgIpc) is 3.11. The fourth-order valence-electron chi connectivity index (χ4n) is 3.63. The van der Waals surface area contributed by atoms with Gasteiger partial charge in [-0.3, -0.25) is 9.20 Å². The number of nitrogens with one attached hydrogen (secondary N) is 1. The van der Waals surface area contributed by atoms with Crippen LogP contribution in [0.3, 0.4) is 0 Å². The lowest BCUT2D eigenvalue weighted by Gasteiger charge is -2.34. The minimum absolute atomic E-state index is 0.161. The lowest BCUT2D eigenvalue weighted by atomic mass is 10.0. The maximum atomic E-state index is 13.7. The lowest BCUT2D eigenvalue weighted by Crippen LogP contribution is -2.46. The second-order valence-corrected chi connectivity index (χ2v) is 7.56. The van der Waals surface area contributed by atoms with Crippen molar-refractivity contribution in [1.82, 2.24) is 24.3 Å². The van der Waals surface area contributed by atoms with Crippen molar-refractivity contribution in [2.75, 3.05) is 18.4 Å². The molecule has 0 unspecified atom stereocenters. The van der Waals surface area contributed by atoms with Crippen LogP contribution in [-0.2, 0) is 4.79 Å². The highest BCUT2D eigenvalue weighted by Gasteiger charge is 2.35. The second kappa shape index (κ2) is 8.12. The van der Waals surface area contributed by atoms with Crippen LogP contribution in [0.4, 0.5) is 23.4 Å². The number of nitrogens with zero attached hydrogens (tertiary/aromatic N) is 5. The van der Waals surface area contributed by atoms with Gasteiger partial charge in [-0.1, -0.05) is 0 Å². The number of imidazole rings is 1. The van der Waals surface area contributed by atoms with Crippen molar-refractivity contribution < 1.29 is 22.4 Å². The van der Waals surface area contributed by atoms with E-state index in [1.165, 1.54) is 17.2 Å². The first-order valence-corrected chi connectivity index (χ1v) is 9.77. The number of likely N-dealkylation sites (tertiary alicyclic amines) is 1. The molecule has 7 nitrogen and oxygen atoms in total. The van der Waals surface area contributed by atoms with E-state index in [2.05, 4.69) is 20.3 Å². The Kier molecular flexibility index (Phi) is 5.50. The third-order valence-electron chi connectivity index (χ3n) is 5.14. The highest BCUT2D eigenvalue weighted by atomic mass is 19.4. The van der Waals surface area contributed by atoms with Crippen LogP contribution in [0.15, 0.2) is 30.7 Å². The van der Waals surface area contributed by atoms with Crippen molar-refractivity contribution in [3.8, 4) is 11.5 Å². The summed E-state index contributed by atoms with van der Waals surface area (Å²) in [6, 6.07) is 2.61. The van der Waals surface area contributed by atoms with Crippen molar-refractivity contribution >= 4 is 17.4 Å². The van der Waals surface area contributed by atoms with Gasteiger partial charge < -0.3 is 10.2 Å². The summed E-state index contributed by atoms with van der Waals surface area (Å²) < 4.78 is 52.9. The Morgan fingerprint density at radius 3 is 2.84 bits per heavy atom. The van der Waals surface area contributed by atoms with E-state index in [0.717, 1.165) is 5.56 Å². The predicted molar refractivity (Wildman–Crippen MR) is 105 cm³/mol. The molecule has 164 valence electrons. The SMILES string of the molecule is Cc1cnc(-c2cnc3ccc(F)cn23)nc1N[C@@H]1CCCN(C(=O)CC(F)(F)F)C1. The van der Waals surface area contributed by atoms with Gasteiger partial charge in [-0.25, -0.2) is 19.3 Å². The smallest absolute Gasteiger partial charge is 0.365 e. The molecule has 3 aromatic heterocycles. The summed E-state index contributed by atoms with van der Waals surface area (Å²) in [5.74, 6) is -0.520. The average molecular weight is 436 g/mol. The van der Waals surface area contributed by atoms with Crippen LogP contribution in [0.5, 0.6) is 0 Å². The molecule has 0 spiro atoms. The maximum Gasteiger partial charge on any atom is 0.397 e. The first kappa shape index (κ1) is 21.0. The number of rotatable bonds is 4. The van der Waals surface area contributed by atoms with Crippen LogP contribution in [0.2, 0.25) is 0 Å². The van der Waals surface area contributed by atoms with E-state index in [0.29, 0.717) is 42.4 Å². The molecule has 31 heavy (non-hydrogen) atoms. The number of piperidine rings is 1. The van der Waals surface area contributed by atoms with Crippen LogP contribution in [0, 0.1) is 12.7 Å². The largest absolute Gasteiger partial charge is 0.397 e. The van der Waals surface area contributed by atoms with E-state index in [9.17, 15) is 22.4 Å². The summed E-state index contributed by atoms with van der Waals surface area (Å²) >= 11 is 0. The summed E-state index contributed by atoms with van der Waals surface area (Å²) in [5, 5.41) is 3.23. The second-order valence-electron chi connectivity index (χ2n) is 7.56. The number of amides is 1. The Labute approximate surface area is 175 Å². The van der Waals surface area contributed by atoms with Gasteiger partial charge in [-0.15, -0.1) is 0 Å². The molecule has 4 rings (SSSR count). The molecule has 0 aromatic carbocycles. The van der Waals surface area contributed by atoms with E-state index in [4.69, 9.17) is 0 Å². The summed E-state index contributed by atoms with van der Waals surface area (Å²) in [4.78, 5) is 26.3. The molecule has 0 bridgehead atoms. The molecule has 0 saturated carbocycles. The van der Waals surface area contributed by atoms with Gasteiger partial charge in [0.15, 0.2) is 5.82 Å². The zero-order chi connectivity index (χ0) is 22.2. The summed E-state index contributed by atoms with van der Waals surface area (Å²) in [6.07, 6.45) is -0.260. The van der Waals surface area contributed by atoms with Crippen molar-refractivity contribution in [2.45, 2.75) is 38.4 Å². The number of alkyl halides is 3. The van der Waals surface area contributed by atoms with Crippen molar-refractivity contribution in [1.29, 1.82) is 0 Å². The molecular formula is C20H20F4N6O. The first-order chi connectivity index (χ1) is 14.7. The number of hydrogen-bond acceptors (Lipinski definition) is 5. The van der Waals surface area contributed by atoms with Crippen molar-refractivity contribution in [3.63, 3.8) is 0 Å². The topological polar surface area (TPSA) is 75.4 Å². The number of aryl methyl sites for hydroxylation is 1. The zero-order valence-electron chi connectivity index (χ0n) is 16.7. The Morgan fingerprint density at radius 2 is 2.06 bits per heavy atom. The fraction of sp³-hybridized carbons (Fsp3) is 0.400. The number of fused-ring (bicyclic) bond motifs is 1. The van der Waals surface area contributed by atoms with Gasteiger partial charge >= 0.3 is 6.18 Å². The van der Waals surface area contributed by atoms with E-state index < -0.39 is 24.3 Å². The van der Waals surface area contributed by atoms with Crippen LogP contribution in [0.25, 0.3) is 17.2 Å². The maximum absolute atomic E-state index is 13.7. The van der Waals surface area contributed by atoms with E-state index in [-0.39, 0.29) is 12.6 Å². The number of anilines is 1. The van der Waals surface area contributed by atoms with E-state index >= 15 is 0 Å². The van der Waals surface area contributed by atoms with E-state index in [1.807, 2.05) is 0 Å². The molecule has 0 aliphatic carbocycles. The molecule has 0 radical (unpaired) electrons. The molecule has 1 saturated heterocycles. The molecule has 1 aliphatic heterocycles. The number of carbonyl (C=O) groups is 1. The molecule has 4 heterocycles. The minimum Gasteiger partial charge on any atom is -0.365 e. The van der Waals surface area contributed by atoms with Gasteiger partial charge in [0.2, 0.25) is 5.91 Å². The molecule has 1 fully saturated rings. The molecule has 1 amide bonds. The monoisotopic (exact) mass is 436 g/mol. The van der Waals surface area contributed by atoms with Crippen LogP contribution < -0.4 is 5.32 Å². The Morgan fingerprint density at radius 1 is 1.26 bits per heavy atom. The standard InChI is InChI=1S/C20H20F4N6O/c1-12-8-26-19(15-9-25-16-5-4-13(21)10-30(15)16)28-18(12)27-14-3-2-6-29(11-14)17(31)7-20(22,23)24/h4-5,8-10,14H,2-3,6-7,11H2,1H3,(H,26,27,28)/t14-/m1/s1. The fourth-order valence-corrected chi connectivity index (χ4v) is 3.63. The zero-order valence-corrected chi connectivity index (χ0v) is 16.7. The number of pyridine rings is 1. The van der Waals surface area contributed by atoms with Gasteiger partial charge in [-0.05, 0) is 31.9 Å². The third kappa shape index (κ3) is 4.75. The van der Waals surface area contributed by atoms with Gasteiger partial charge in [0.1, 0.15) is 29.4 Å².